The summed E-state index contributed by atoms with van der Waals surface area (Å²) in [6.45, 7) is 5.90. The normalized spacial score (nSPS) is 13.0. The second-order valence-electron chi connectivity index (χ2n) is 3.35. The lowest BCUT2D eigenvalue weighted by molar-refractivity contribution is 0.103. The van der Waals surface area contributed by atoms with Crippen LogP contribution in [0.2, 0.25) is 0 Å². The van der Waals surface area contributed by atoms with E-state index in [0.29, 0.717) is 25.6 Å². The van der Waals surface area contributed by atoms with Crippen molar-refractivity contribution in [1.29, 1.82) is 0 Å². The van der Waals surface area contributed by atoms with E-state index in [1.807, 2.05) is 13.8 Å². The Balaban J connectivity index is 2.78. The summed E-state index contributed by atoms with van der Waals surface area (Å²) in [7, 11) is 1.66. The Bertz CT molecular complexity index is 317. The molecule has 1 atom stereocenters. The van der Waals surface area contributed by atoms with Gasteiger partial charge in [-0.1, -0.05) is 5.21 Å². The smallest absolute Gasteiger partial charge is 0.103 e. The summed E-state index contributed by atoms with van der Waals surface area (Å²) in [4.78, 5) is 0. The maximum absolute atomic E-state index is 5.81. The zero-order chi connectivity index (χ0) is 12.0. The van der Waals surface area contributed by atoms with E-state index in [1.165, 1.54) is 0 Å². The molecule has 0 aliphatic carbocycles. The molecule has 1 aromatic heterocycles. The largest absolute Gasteiger partial charge is 0.380 e. The van der Waals surface area contributed by atoms with Crippen molar-refractivity contribution in [2.75, 3.05) is 20.3 Å². The first-order valence-corrected chi connectivity index (χ1v) is 5.86. The van der Waals surface area contributed by atoms with Gasteiger partial charge in [0.15, 0.2) is 0 Å². The molecule has 0 aliphatic heterocycles. The van der Waals surface area contributed by atoms with E-state index in [2.05, 4.69) is 10.3 Å². The predicted molar refractivity (Wildman–Crippen MR) is 61.5 cm³/mol. The molecule has 0 bridgehead atoms. The Labute approximate surface area is 101 Å². The van der Waals surface area contributed by atoms with Crippen LogP contribution in [0.4, 0.5) is 0 Å². The van der Waals surface area contributed by atoms with Gasteiger partial charge in [-0.05, 0) is 13.8 Å². The van der Waals surface area contributed by atoms with Crippen molar-refractivity contribution in [3.63, 3.8) is 0 Å². The summed E-state index contributed by atoms with van der Waals surface area (Å²) in [5.74, 6) is 0.345. The molecule has 0 aromatic carbocycles. The van der Waals surface area contributed by atoms with Crippen LogP contribution in [0, 0.1) is 0 Å². The minimum absolute atomic E-state index is 0.0645. The van der Waals surface area contributed by atoms with Crippen molar-refractivity contribution >= 4 is 11.6 Å². The quantitative estimate of drug-likeness (QED) is 0.544. The molecule has 0 aliphatic rings. The van der Waals surface area contributed by atoms with Gasteiger partial charge in [-0.2, -0.15) is 0 Å². The van der Waals surface area contributed by atoms with Gasteiger partial charge in [0.05, 0.1) is 30.8 Å². The van der Waals surface area contributed by atoms with Crippen LogP contribution in [0.15, 0.2) is 0 Å². The van der Waals surface area contributed by atoms with Crippen LogP contribution in [-0.2, 0) is 21.9 Å². The molecule has 92 valence electrons. The maximum atomic E-state index is 5.81. The second kappa shape index (κ2) is 6.83. The standard InChI is InChI=1S/C10H18ClN3O2/c1-4-16-6-5-14-10(8(2)15-3)9(7-11)12-13-14/h8H,4-7H2,1-3H3. The van der Waals surface area contributed by atoms with Gasteiger partial charge in [0, 0.05) is 13.7 Å². The van der Waals surface area contributed by atoms with Crippen LogP contribution in [0.25, 0.3) is 0 Å². The Morgan fingerprint density at radius 1 is 1.50 bits per heavy atom. The molecule has 5 nitrogen and oxygen atoms in total. The van der Waals surface area contributed by atoms with E-state index in [0.717, 1.165) is 11.4 Å². The first-order chi connectivity index (χ1) is 7.74. The summed E-state index contributed by atoms with van der Waals surface area (Å²) < 4.78 is 12.4. The van der Waals surface area contributed by atoms with Gasteiger partial charge in [0.1, 0.15) is 5.69 Å². The highest BCUT2D eigenvalue weighted by Gasteiger charge is 2.17. The van der Waals surface area contributed by atoms with Gasteiger partial charge in [-0.25, -0.2) is 4.68 Å². The average molecular weight is 248 g/mol. The maximum Gasteiger partial charge on any atom is 0.103 e. The van der Waals surface area contributed by atoms with Crippen LogP contribution in [0.1, 0.15) is 31.3 Å². The van der Waals surface area contributed by atoms with Gasteiger partial charge in [0.25, 0.3) is 0 Å². The minimum atomic E-state index is -0.0645. The zero-order valence-electron chi connectivity index (χ0n) is 9.94. The number of ether oxygens (including phenoxy) is 2. The molecule has 0 spiro atoms. The van der Waals surface area contributed by atoms with Crippen LogP contribution in [0.5, 0.6) is 0 Å². The third-order valence-electron chi connectivity index (χ3n) is 2.36. The number of halogens is 1. The van der Waals surface area contributed by atoms with E-state index >= 15 is 0 Å². The van der Waals surface area contributed by atoms with Gasteiger partial charge in [-0.3, -0.25) is 0 Å². The summed E-state index contributed by atoms with van der Waals surface area (Å²) in [6.07, 6.45) is -0.0645. The van der Waals surface area contributed by atoms with Crippen LogP contribution < -0.4 is 0 Å². The Kier molecular flexibility index (Phi) is 5.73. The number of rotatable bonds is 7. The predicted octanol–water partition coefficient (Wildman–Crippen LogP) is 1.76. The number of hydrogen-bond donors (Lipinski definition) is 0. The van der Waals surface area contributed by atoms with Crippen LogP contribution in [0.3, 0.4) is 0 Å². The molecule has 16 heavy (non-hydrogen) atoms. The minimum Gasteiger partial charge on any atom is -0.380 e. The summed E-state index contributed by atoms with van der Waals surface area (Å²) in [5.41, 5.74) is 1.70. The summed E-state index contributed by atoms with van der Waals surface area (Å²) in [6, 6.07) is 0. The molecular weight excluding hydrogens is 230 g/mol. The molecule has 0 amide bonds. The fraction of sp³-hybridized carbons (Fsp3) is 0.800. The van der Waals surface area contributed by atoms with Crippen LogP contribution in [-0.4, -0.2) is 35.3 Å². The second-order valence-corrected chi connectivity index (χ2v) is 3.62. The van der Waals surface area contributed by atoms with Crippen molar-refractivity contribution in [1.82, 2.24) is 15.0 Å². The van der Waals surface area contributed by atoms with Crippen molar-refractivity contribution in [3.8, 4) is 0 Å². The fourth-order valence-electron chi connectivity index (χ4n) is 1.47. The topological polar surface area (TPSA) is 49.2 Å². The highest BCUT2D eigenvalue weighted by Crippen LogP contribution is 2.19. The molecule has 1 unspecified atom stereocenters. The number of hydrogen-bond acceptors (Lipinski definition) is 4. The van der Waals surface area contributed by atoms with Crippen molar-refractivity contribution < 1.29 is 9.47 Å². The molecule has 0 fully saturated rings. The van der Waals surface area contributed by atoms with Crippen molar-refractivity contribution in [2.24, 2.45) is 0 Å². The molecular formula is C10H18ClN3O2. The number of alkyl halides is 1. The molecule has 1 rings (SSSR count). The molecule has 1 heterocycles. The van der Waals surface area contributed by atoms with E-state index in [4.69, 9.17) is 21.1 Å². The Morgan fingerprint density at radius 3 is 2.81 bits per heavy atom. The third kappa shape index (κ3) is 3.17. The fourth-order valence-corrected chi connectivity index (χ4v) is 1.66. The first kappa shape index (κ1) is 13.4. The highest BCUT2D eigenvalue weighted by atomic mass is 35.5. The van der Waals surface area contributed by atoms with E-state index in [1.54, 1.807) is 11.8 Å². The van der Waals surface area contributed by atoms with Gasteiger partial charge >= 0.3 is 0 Å². The molecule has 0 N–H and O–H groups in total. The Morgan fingerprint density at radius 2 is 2.25 bits per heavy atom. The lowest BCUT2D eigenvalue weighted by Crippen LogP contribution is -2.14. The lowest BCUT2D eigenvalue weighted by atomic mass is 10.2. The average Bonchev–Trinajstić information content (AvgIpc) is 2.71. The van der Waals surface area contributed by atoms with Gasteiger partial charge < -0.3 is 9.47 Å². The van der Waals surface area contributed by atoms with Crippen LogP contribution >= 0.6 is 11.6 Å². The van der Waals surface area contributed by atoms with Crippen molar-refractivity contribution in [2.45, 2.75) is 32.4 Å². The third-order valence-corrected chi connectivity index (χ3v) is 2.62. The zero-order valence-corrected chi connectivity index (χ0v) is 10.7. The number of nitrogens with zero attached hydrogens (tertiary/aromatic N) is 3. The molecule has 0 radical (unpaired) electrons. The summed E-state index contributed by atoms with van der Waals surface area (Å²) >= 11 is 5.81. The lowest BCUT2D eigenvalue weighted by Gasteiger charge is -2.12. The SMILES string of the molecule is CCOCCn1nnc(CCl)c1C(C)OC. The summed E-state index contributed by atoms with van der Waals surface area (Å²) in [5, 5.41) is 8.08. The number of methoxy groups -OCH3 is 1. The molecule has 6 heteroatoms. The first-order valence-electron chi connectivity index (χ1n) is 5.33. The van der Waals surface area contributed by atoms with Gasteiger partial charge in [0.2, 0.25) is 0 Å². The van der Waals surface area contributed by atoms with Crippen molar-refractivity contribution in [3.05, 3.63) is 11.4 Å². The van der Waals surface area contributed by atoms with E-state index in [-0.39, 0.29) is 6.10 Å². The number of aromatic nitrogens is 3. The monoisotopic (exact) mass is 247 g/mol. The highest BCUT2D eigenvalue weighted by molar-refractivity contribution is 6.16. The van der Waals surface area contributed by atoms with Gasteiger partial charge in [-0.15, -0.1) is 16.7 Å². The molecule has 0 saturated carbocycles. The van der Waals surface area contributed by atoms with E-state index < -0.39 is 0 Å². The molecule has 0 saturated heterocycles. The Hall–Kier alpha value is -0.650. The van der Waals surface area contributed by atoms with E-state index in [9.17, 15) is 0 Å². The molecule has 1 aromatic rings.